The molecule has 0 spiro atoms. The lowest BCUT2D eigenvalue weighted by atomic mass is 9.59. The van der Waals surface area contributed by atoms with Gasteiger partial charge in [-0.1, -0.05) is 101 Å². The third kappa shape index (κ3) is 4.29. The molecular weight excluding hydrogens is 712 g/mol. The van der Waals surface area contributed by atoms with Crippen molar-refractivity contribution in [1.82, 2.24) is 0 Å². The maximum absolute atomic E-state index is 16.1. The van der Waals surface area contributed by atoms with Gasteiger partial charge in [0.15, 0.2) is 5.78 Å². The van der Waals surface area contributed by atoms with Gasteiger partial charge < -0.3 is 9.47 Å². The lowest BCUT2D eigenvalue weighted by molar-refractivity contribution is -0.384. The van der Waals surface area contributed by atoms with Gasteiger partial charge in [0.05, 0.1) is 41.8 Å². The number of benzene rings is 5. The summed E-state index contributed by atoms with van der Waals surface area (Å²) in [6.45, 7) is 0. The first-order valence-electron chi connectivity index (χ1n) is 16.2. The van der Waals surface area contributed by atoms with Gasteiger partial charge in [0.25, 0.3) is 5.69 Å². The minimum Gasteiger partial charge on any atom is -0.497 e. The molecule has 51 heavy (non-hydrogen) atoms. The van der Waals surface area contributed by atoms with Crippen LogP contribution in [-0.2, 0) is 25.2 Å². The van der Waals surface area contributed by atoms with Crippen LogP contribution in [0.4, 0.5) is 11.4 Å². The normalized spacial score (nSPS) is 23.5. The number of rotatable bonds is 8. The van der Waals surface area contributed by atoms with E-state index in [1.165, 1.54) is 12.1 Å². The van der Waals surface area contributed by atoms with E-state index in [2.05, 4.69) is 15.9 Å². The molecule has 2 aliphatic carbocycles. The molecule has 1 aliphatic heterocycles. The average molecular weight is 742 g/mol. The summed E-state index contributed by atoms with van der Waals surface area (Å²) in [6, 6.07) is 37.1. The number of ether oxygens (including phenoxy) is 2. The maximum atomic E-state index is 16.1. The number of carbonyl (C=O) groups is 3. The fourth-order valence-corrected chi connectivity index (χ4v) is 9.06. The highest BCUT2D eigenvalue weighted by Gasteiger charge is 2.83. The molecule has 1 saturated carbocycles. The molecule has 10 heteroatoms. The molecule has 8 rings (SSSR count). The lowest BCUT2D eigenvalue weighted by Crippen LogP contribution is -2.45. The van der Waals surface area contributed by atoms with Gasteiger partial charge in [-0.3, -0.25) is 24.5 Å². The number of amides is 2. The van der Waals surface area contributed by atoms with Crippen LogP contribution in [0.1, 0.15) is 22.3 Å². The van der Waals surface area contributed by atoms with Gasteiger partial charge in [-0.25, -0.2) is 4.90 Å². The fourth-order valence-electron chi connectivity index (χ4n) is 8.71. The van der Waals surface area contributed by atoms with Crippen LogP contribution in [0.25, 0.3) is 11.1 Å². The van der Waals surface area contributed by atoms with Crippen molar-refractivity contribution in [1.29, 1.82) is 0 Å². The smallest absolute Gasteiger partial charge is 0.294 e. The Labute approximate surface area is 301 Å². The van der Waals surface area contributed by atoms with E-state index in [-0.39, 0.29) is 11.5 Å². The first kappa shape index (κ1) is 32.3. The van der Waals surface area contributed by atoms with Crippen LogP contribution < -0.4 is 14.4 Å². The molecule has 5 aromatic carbocycles. The van der Waals surface area contributed by atoms with Crippen molar-refractivity contribution < 1.29 is 28.8 Å². The molecule has 2 fully saturated rings. The fraction of sp³-hybridized carbons (Fsp3) is 0.146. The SMILES string of the molecule is COc1ccc(C2=C(c3ccc(OC)cc3)C3(c4ccccc4)C(=O)C2(c2ccccc2)C2C(=O)N(c4ccc(Br)cc4[N+](=O)[O-])C(=O)C23)cc1. The molecule has 0 radical (unpaired) electrons. The molecule has 2 bridgehead atoms. The summed E-state index contributed by atoms with van der Waals surface area (Å²) in [6.07, 6.45) is 0. The van der Waals surface area contributed by atoms with Crippen LogP contribution in [0, 0.1) is 22.0 Å². The highest BCUT2D eigenvalue weighted by molar-refractivity contribution is 9.10. The third-order valence-corrected chi connectivity index (χ3v) is 11.1. The number of hydrogen-bond donors (Lipinski definition) is 0. The predicted octanol–water partition coefficient (Wildman–Crippen LogP) is 7.56. The summed E-state index contributed by atoms with van der Waals surface area (Å²) in [5.41, 5.74) is -0.291. The van der Waals surface area contributed by atoms with Crippen molar-refractivity contribution in [2.45, 2.75) is 10.8 Å². The van der Waals surface area contributed by atoms with Gasteiger partial charge in [0, 0.05) is 10.5 Å². The van der Waals surface area contributed by atoms with Crippen molar-refractivity contribution in [2.75, 3.05) is 19.1 Å². The molecule has 9 nitrogen and oxygen atoms in total. The molecule has 0 aromatic heterocycles. The van der Waals surface area contributed by atoms with Crippen molar-refractivity contribution in [3.05, 3.63) is 164 Å². The lowest BCUT2D eigenvalue weighted by Gasteiger charge is -2.39. The highest BCUT2D eigenvalue weighted by Crippen LogP contribution is 2.74. The van der Waals surface area contributed by atoms with Crippen LogP contribution >= 0.6 is 15.9 Å². The molecule has 0 N–H and O–H groups in total. The Kier molecular flexibility index (Phi) is 7.53. The summed E-state index contributed by atoms with van der Waals surface area (Å²) in [5, 5.41) is 12.4. The van der Waals surface area contributed by atoms with Crippen molar-refractivity contribution in [3.63, 3.8) is 0 Å². The zero-order valence-electron chi connectivity index (χ0n) is 27.4. The minimum absolute atomic E-state index is 0.150. The number of carbonyl (C=O) groups excluding carboxylic acids is 3. The largest absolute Gasteiger partial charge is 0.497 e. The molecule has 252 valence electrons. The second-order valence-electron chi connectivity index (χ2n) is 12.7. The van der Waals surface area contributed by atoms with Crippen LogP contribution in [-0.4, -0.2) is 36.7 Å². The molecule has 2 amide bonds. The van der Waals surface area contributed by atoms with Crippen LogP contribution in [0.15, 0.2) is 132 Å². The van der Waals surface area contributed by atoms with Gasteiger partial charge in [0.2, 0.25) is 11.8 Å². The predicted molar refractivity (Wildman–Crippen MR) is 194 cm³/mol. The summed E-state index contributed by atoms with van der Waals surface area (Å²) in [4.78, 5) is 59.2. The highest BCUT2D eigenvalue weighted by atomic mass is 79.9. The van der Waals surface area contributed by atoms with Gasteiger partial charge >= 0.3 is 0 Å². The molecule has 1 heterocycles. The summed E-state index contributed by atoms with van der Waals surface area (Å²) < 4.78 is 11.4. The first-order chi connectivity index (χ1) is 24.7. The van der Waals surface area contributed by atoms with E-state index in [9.17, 15) is 10.1 Å². The number of fused-ring (bicyclic) bond motifs is 5. The number of imide groups is 1. The monoisotopic (exact) mass is 740 g/mol. The zero-order chi connectivity index (χ0) is 35.7. The number of ketones is 1. The molecular formula is C41H29BrN2O7. The quantitative estimate of drug-likeness (QED) is 0.0916. The van der Waals surface area contributed by atoms with Crippen molar-refractivity contribution >= 4 is 56.0 Å². The average Bonchev–Trinajstić information content (AvgIpc) is 3.67. The minimum atomic E-state index is -1.67. The van der Waals surface area contributed by atoms with E-state index < -0.39 is 45.1 Å². The van der Waals surface area contributed by atoms with Gasteiger partial charge in [-0.2, -0.15) is 0 Å². The van der Waals surface area contributed by atoms with Crippen molar-refractivity contribution in [2.24, 2.45) is 11.8 Å². The number of halogens is 1. The van der Waals surface area contributed by atoms with E-state index in [4.69, 9.17) is 9.47 Å². The molecule has 4 atom stereocenters. The van der Waals surface area contributed by atoms with E-state index in [0.717, 1.165) is 4.90 Å². The van der Waals surface area contributed by atoms with Gasteiger partial charge in [-0.05, 0) is 69.8 Å². The number of nitro benzene ring substituents is 1. The Morgan fingerprint density at radius 2 is 1.08 bits per heavy atom. The van der Waals surface area contributed by atoms with Crippen molar-refractivity contribution in [3.8, 4) is 11.5 Å². The topological polar surface area (TPSA) is 116 Å². The van der Waals surface area contributed by atoms with Crippen LogP contribution in [0.3, 0.4) is 0 Å². The Bertz CT molecular complexity index is 2160. The van der Waals surface area contributed by atoms with E-state index >= 15 is 14.4 Å². The standard InChI is InChI=1S/C41H29BrN2O7/c1-50-29-18-13-24(14-19-29)33-34(25-15-20-30(51-2)21-16-25)41(27-11-7-4-8-12-27)36-35(40(33,39(41)47)26-9-5-3-6-10-26)37(45)43(38(36)46)31-22-17-28(42)23-32(31)44(48)49/h3-23,35-36H,1-2H3. The number of methoxy groups -OCH3 is 2. The zero-order valence-corrected chi connectivity index (χ0v) is 29.0. The Morgan fingerprint density at radius 3 is 1.47 bits per heavy atom. The van der Waals surface area contributed by atoms with E-state index in [0.29, 0.717) is 49.4 Å². The number of nitrogens with zero attached hydrogens (tertiary/aromatic N) is 2. The van der Waals surface area contributed by atoms with Gasteiger partial charge in [0.1, 0.15) is 17.2 Å². The Morgan fingerprint density at radius 1 is 0.647 bits per heavy atom. The number of hydrogen-bond acceptors (Lipinski definition) is 7. The second kappa shape index (κ2) is 11.9. The summed E-state index contributed by atoms with van der Waals surface area (Å²) in [5.74, 6) is -2.92. The van der Waals surface area contributed by atoms with Gasteiger partial charge in [-0.15, -0.1) is 0 Å². The molecule has 5 aromatic rings. The van der Waals surface area contributed by atoms with E-state index in [1.807, 2.05) is 84.9 Å². The summed E-state index contributed by atoms with van der Waals surface area (Å²) >= 11 is 3.29. The molecule has 1 saturated heterocycles. The summed E-state index contributed by atoms with van der Waals surface area (Å²) in [7, 11) is 3.13. The van der Waals surface area contributed by atoms with Crippen LogP contribution in [0.5, 0.6) is 11.5 Å². The first-order valence-corrected chi connectivity index (χ1v) is 17.0. The van der Waals surface area contributed by atoms with Crippen LogP contribution in [0.2, 0.25) is 0 Å². The van der Waals surface area contributed by atoms with E-state index in [1.54, 1.807) is 44.6 Å². The number of anilines is 1. The molecule has 4 unspecified atom stereocenters. The second-order valence-corrected chi connectivity index (χ2v) is 13.7. The Balaban J connectivity index is 1.54. The maximum Gasteiger partial charge on any atom is 0.294 e. The Hall–Kier alpha value is -5.87. The number of allylic oxidation sites excluding steroid dienone is 2. The number of Topliss-reactive ketones (excluding diaryl/α,β-unsaturated/α-hetero) is 1. The third-order valence-electron chi connectivity index (χ3n) is 10.6. The molecule has 3 aliphatic rings. The number of nitro groups is 1.